The first-order valence-corrected chi connectivity index (χ1v) is 8.87. The van der Waals surface area contributed by atoms with Crippen molar-refractivity contribution in [1.82, 2.24) is 0 Å². The molecule has 1 rings (SSSR count). The fourth-order valence-corrected chi connectivity index (χ4v) is 8.55. The van der Waals surface area contributed by atoms with Crippen LogP contribution in [0.5, 0.6) is 0 Å². The molecule has 0 aromatic rings. The summed E-state index contributed by atoms with van der Waals surface area (Å²) in [5, 5.41) is 0. The summed E-state index contributed by atoms with van der Waals surface area (Å²) in [4.78, 5) is 11.3. The van der Waals surface area contributed by atoms with Gasteiger partial charge in [0.15, 0.2) is 5.78 Å². The molecular weight excluding hydrogens is 228 g/mol. The molecule has 0 N–H and O–H groups in total. The van der Waals surface area contributed by atoms with E-state index in [2.05, 4.69) is 41.5 Å². The van der Waals surface area contributed by atoms with Crippen LogP contribution in [0.4, 0.5) is 0 Å². The summed E-state index contributed by atoms with van der Waals surface area (Å²) >= 11 is 0. The first-order valence-electron chi connectivity index (χ1n) is 6.73. The highest BCUT2D eigenvalue weighted by Crippen LogP contribution is 2.44. The van der Waals surface area contributed by atoms with E-state index in [0.29, 0.717) is 23.0 Å². The molecule has 0 saturated carbocycles. The van der Waals surface area contributed by atoms with Gasteiger partial charge in [0.25, 0.3) is 8.32 Å². The smallest absolute Gasteiger partial charge is 0.258 e. The van der Waals surface area contributed by atoms with Gasteiger partial charge in [-0.25, -0.2) is 0 Å². The summed E-state index contributed by atoms with van der Waals surface area (Å²) < 4.78 is 6.43. The van der Waals surface area contributed by atoms with Crippen molar-refractivity contribution in [3.63, 3.8) is 0 Å². The minimum absolute atomic E-state index is 0.221. The second-order valence-corrected chi connectivity index (χ2v) is 11.4. The first kappa shape index (κ1) is 14.5. The van der Waals surface area contributed by atoms with Crippen LogP contribution in [0.2, 0.25) is 16.6 Å². The van der Waals surface area contributed by atoms with Gasteiger partial charge >= 0.3 is 0 Å². The van der Waals surface area contributed by atoms with Crippen LogP contribution in [0.25, 0.3) is 0 Å². The molecular formula is C14H26O2Si. The average Bonchev–Trinajstić information content (AvgIpc) is 2.58. The maximum atomic E-state index is 11.3. The maximum absolute atomic E-state index is 11.3. The Labute approximate surface area is 107 Å². The molecule has 0 radical (unpaired) electrons. The Kier molecular flexibility index (Phi) is 4.59. The highest BCUT2D eigenvalue weighted by Gasteiger charge is 2.47. The molecule has 0 aromatic carbocycles. The fourth-order valence-electron chi connectivity index (χ4n) is 3.23. The number of hydrogen-bond donors (Lipinski definition) is 0. The molecule has 1 aliphatic carbocycles. The van der Waals surface area contributed by atoms with Gasteiger partial charge in [0.1, 0.15) is 0 Å². The van der Waals surface area contributed by atoms with Gasteiger partial charge in [-0.05, 0) is 16.6 Å². The van der Waals surface area contributed by atoms with E-state index in [-0.39, 0.29) is 5.78 Å². The van der Waals surface area contributed by atoms with Crippen LogP contribution in [0.1, 0.15) is 54.4 Å². The summed E-state index contributed by atoms with van der Waals surface area (Å²) in [6, 6.07) is 0. The second kappa shape index (κ2) is 5.38. The molecule has 0 saturated heterocycles. The lowest BCUT2D eigenvalue weighted by molar-refractivity contribution is -0.114. The van der Waals surface area contributed by atoms with E-state index < -0.39 is 8.32 Å². The van der Waals surface area contributed by atoms with Crippen molar-refractivity contribution in [2.24, 2.45) is 0 Å². The topological polar surface area (TPSA) is 26.3 Å². The highest BCUT2D eigenvalue weighted by atomic mass is 28.4. The van der Waals surface area contributed by atoms with Crippen LogP contribution in [-0.4, -0.2) is 14.1 Å². The van der Waals surface area contributed by atoms with Crippen LogP contribution in [0.15, 0.2) is 11.8 Å². The van der Waals surface area contributed by atoms with Gasteiger partial charge in [-0.2, -0.15) is 0 Å². The molecule has 0 amide bonds. The number of allylic oxidation sites excluding steroid dienone is 2. The predicted octanol–water partition coefficient (Wildman–Crippen LogP) is 4.43. The normalized spacial score (nSPS) is 17.2. The number of carbonyl (C=O) groups excluding carboxylic acids is 1. The minimum atomic E-state index is -1.84. The van der Waals surface area contributed by atoms with Crippen molar-refractivity contribution in [2.45, 2.75) is 71.0 Å². The van der Waals surface area contributed by atoms with Gasteiger partial charge in [0.05, 0.1) is 5.76 Å². The number of hydrogen-bond acceptors (Lipinski definition) is 2. The Hall–Kier alpha value is -0.573. The van der Waals surface area contributed by atoms with Gasteiger partial charge in [0.2, 0.25) is 0 Å². The average molecular weight is 254 g/mol. The van der Waals surface area contributed by atoms with E-state index in [1.165, 1.54) is 0 Å². The van der Waals surface area contributed by atoms with Crippen LogP contribution in [0.3, 0.4) is 0 Å². The monoisotopic (exact) mass is 254 g/mol. The van der Waals surface area contributed by atoms with Crippen LogP contribution < -0.4 is 0 Å². The second-order valence-electron chi connectivity index (χ2n) is 6.00. The number of carbonyl (C=O) groups is 1. The molecule has 0 aliphatic heterocycles. The van der Waals surface area contributed by atoms with E-state index in [4.69, 9.17) is 4.43 Å². The molecule has 0 aromatic heterocycles. The van der Waals surface area contributed by atoms with Gasteiger partial charge in [-0.15, -0.1) is 0 Å². The largest absolute Gasteiger partial charge is 0.546 e. The molecule has 0 heterocycles. The zero-order valence-corrected chi connectivity index (χ0v) is 13.0. The van der Waals surface area contributed by atoms with Gasteiger partial charge in [-0.1, -0.05) is 41.5 Å². The summed E-state index contributed by atoms with van der Waals surface area (Å²) in [6.07, 6.45) is 3.16. The van der Waals surface area contributed by atoms with Crippen molar-refractivity contribution < 1.29 is 9.22 Å². The molecule has 0 atom stereocenters. The van der Waals surface area contributed by atoms with Crippen molar-refractivity contribution in [3.05, 3.63) is 11.8 Å². The van der Waals surface area contributed by atoms with Crippen molar-refractivity contribution in [2.75, 3.05) is 0 Å². The SMILES string of the molecule is CC(C)[Si](OC1=CC(=O)CC1)(C(C)C)C(C)C. The highest BCUT2D eigenvalue weighted by molar-refractivity contribution is 6.77. The summed E-state index contributed by atoms with van der Waals surface area (Å²) in [5.74, 6) is 1.16. The lowest BCUT2D eigenvalue weighted by Gasteiger charge is -2.42. The van der Waals surface area contributed by atoms with Crippen LogP contribution in [-0.2, 0) is 9.22 Å². The molecule has 2 nitrogen and oxygen atoms in total. The Balaban J connectivity index is 2.98. The maximum Gasteiger partial charge on any atom is 0.258 e. The van der Waals surface area contributed by atoms with Crippen molar-refractivity contribution in [1.29, 1.82) is 0 Å². The van der Waals surface area contributed by atoms with Gasteiger partial charge in [0, 0.05) is 18.9 Å². The molecule has 0 bridgehead atoms. The zero-order chi connectivity index (χ0) is 13.2. The molecule has 0 fully saturated rings. The molecule has 98 valence electrons. The number of ketones is 1. The van der Waals surface area contributed by atoms with E-state index in [1.807, 2.05) is 0 Å². The zero-order valence-electron chi connectivity index (χ0n) is 12.0. The van der Waals surface area contributed by atoms with E-state index in [9.17, 15) is 4.79 Å². The summed E-state index contributed by atoms with van der Waals surface area (Å²) in [6.45, 7) is 13.6. The quantitative estimate of drug-likeness (QED) is 0.679. The molecule has 0 spiro atoms. The summed E-state index contributed by atoms with van der Waals surface area (Å²) in [5.41, 5.74) is 1.71. The van der Waals surface area contributed by atoms with Crippen LogP contribution >= 0.6 is 0 Å². The molecule has 0 unspecified atom stereocenters. The third kappa shape index (κ3) is 2.82. The van der Waals surface area contributed by atoms with Gasteiger partial charge < -0.3 is 4.43 Å². The fraction of sp³-hybridized carbons (Fsp3) is 0.786. The standard InChI is InChI=1S/C14H26O2Si/c1-10(2)17(11(3)4,12(5)6)16-14-8-7-13(15)9-14/h9-12H,7-8H2,1-6H3. The molecule has 1 aliphatic rings. The molecule has 3 heteroatoms. The minimum Gasteiger partial charge on any atom is -0.546 e. The molecule has 17 heavy (non-hydrogen) atoms. The van der Waals surface area contributed by atoms with Crippen molar-refractivity contribution in [3.8, 4) is 0 Å². The van der Waals surface area contributed by atoms with Gasteiger partial charge in [-0.3, -0.25) is 4.79 Å². The number of rotatable bonds is 5. The first-order chi connectivity index (χ1) is 7.80. The Bertz CT molecular complexity index is 294. The van der Waals surface area contributed by atoms with E-state index >= 15 is 0 Å². The summed E-state index contributed by atoms with van der Waals surface area (Å²) in [7, 11) is -1.84. The van der Waals surface area contributed by atoms with Crippen LogP contribution in [0, 0.1) is 0 Å². The van der Waals surface area contributed by atoms with Crippen molar-refractivity contribution >= 4 is 14.1 Å². The lowest BCUT2D eigenvalue weighted by Crippen LogP contribution is -2.47. The Morgan fingerprint density at radius 2 is 1.47 bits per heavy atom. The predicted molar refractivity (Wildman–Crippen MR) is 74.5 cm³/mol. The van der Waals surface area contributed by atoms with E-state index in [1.54, 1.807) is 6.08 Å². The third-order valence-electron chi connectivity index (χ3n) is 3.95. The Morgan fingerprint density at radius 3 is 1.76 bits per heavy atom. The Morgan fingerprint density at radius 1 is 1.00 bits per heavy atom. The third-order valence-corrected chi connectivity index (χ3v) is 9.98. The lowest BCUT2D eigenvalue weighted by atomic mass is 10.3. The van der Waals surface area contributed by atoms with E-state index in [0.717, 1.165) is 12.2 Å².